The lowest BCUT2D eigenvalue weighted by Gasteiger charge is -2.61. The van der Waals surface area contributed by atoms with Gasteiger partial charge in [0.05, 0.1) is 13.2 Å². The standard InChI is InChI=1S/C24H36O2/c1-3-4-5-6-7-22(25)23-18-12-17-13-19(23)16-24(14-17,15-18)20-8-10-21(26-2)11-9-20/h8-11,17-19,22-23,25H,3-7,12-16H2,1-2H3/t17?,18-,19+,22?,23?,24?. The van der Waals surface area contributed by atoms with Crippen LogP contribution in [0.2, 0.25) is 0 Å². The van der Waals surface area contributed by atoms with Gasteiger partial charge in [-0.1, -0.05) is 44.7 Å². The first-order valence-corrected chi connectivity index (χ1v) is 11.0. The summed E-state index contributed by atoms with van der Waals surface area (Å²) in [5, 5.41) is 11.0. The fourth-order valence-electron chi connectivity index (χ4n) is 6.96. The molecule has 4 unspecified atom stereocenters. The van der Waals surface area contributed by atoms with Crippen LogP contribution >= 0.6 is 0 Å². The summed E-state index contributed by atoms with van der Waals surface area (Å²) in [4.78, 5) is 0. The lowest BCUT2D eigenvalue weighted by Crippen LogP contribution is -2.55. The molecule has 26 heavy (non-hydrogen) atoms. The Balaban J connectivity index is 1.47. The second-order valence-corrected chi connectivity index (χ2v) is 9.47. The molecule has 0 heterocycles. The van der Waals surface area contributed by atoms with Gasteiger partial charge in [-0.15, -0.1) is 0 Å². The highest BCUT2D eigenvalue weighted by Gasteiger charge is 2.56. The monoisotopic (exact) mass is 356 g/mol. The van der Waals surface area contributed by atoms with Gasteiger partial charge < -0.3 is 9.84 Å². The van der Waals surface area contributed by atoms with Crippen LogP contribution in [0.5, 0.6) is 5.75 Å². The molecule has 1 N–H and O–H groups in total. The average Bonchev–Trinajstić information content (AvgIpc) is 2.64. The molecule has 4 bridgehead atoms. The summed E-state index contributed by atoms with van der Waals surface area (Å²) < 4.78 is 5.36. The lowest BCUT2D eigenvalue weighted by molar-refractivity contribution is -0.104. The molecule has 6 atom stereocenters. The molecule has 4 fully saturated rings. The highest BCUT2D eigenvalue weighted by atomic mass is 16.5. The molecule has 1 aromatic rings. The summed E-state index contributed by atoms with van der Waals surface area (Å²) in [6, 6.07) is 8.88. The van der Waals surface area contributed by atoms with E-state index in [-0.39, 0.29) is 6.10 Å². The first-order chi connectivity index (χ1) is 12.6. The number of aliphatic hydroxyl groups excluding tert-OH is 1. The zero-order valence-corrected chi connectivity index (χ0v) is 16.6. The molecule has 4 aliphatic rings. The van der Waals surface area contributed by atoms with Crippen molar-refractivity contribution in [2.45, 2.75) is 82.7 Å². The molecular formula is C24H36O2. The second kappa shape index (κ2) is 7.54. The van der Waals surface area contributed by atoms with Crippen molar-refractivity contribution in [1.29, 1.82) is 0 Å². The maximum Gasteiger partial charge on any atom is 0.118 e. The molecule has 0 radical (unpaired) electrons. The van der Waals surface area contributed by atoms with E-state index in [2.05, 4.69) is 31.2 Å². The minimum absolute atomic E-state index is 0.0604. The third-order valence-corrected chi connectivity index (χ3v) is 7.85. The van der Waals surface area contributed by atoms with Crippen molar-refractivity contribution < 1.29 is 9.84 Å². The first-order valence-electron chi connectivity index (χ1n) is 11.0. The minimum Gasteiger partial charge on any atom is -0.497 e. The van der Waals surface area contributed by atoms with Gasteiger partial charge >= 0.3 is 0 Å². The van der Waals surface area contributed by atoms with E-state index >= 15 is 0 Å². The van der Waals surface area contributed by atoms with Gasteiger partial charge in [0.25, 0.3) is 0 Å². The number of rotatable bonds is 8. The summed E-state index contributed by atoms with van der Waals surface area (Å²) >= 11 is 0. The maximum atomic E-state index is 11.0. The molecule has 0 aliphatic heterocycles. The second-order valence-electron chi connectivity index (χ2n) is 9.47. The molecule has 1 aromatic carbocycles. The lowest BCUT2D eigenvalue weighted by atomic mass is 9.44. The Kier molecular flexibility index (Phi) is 5.32. The van der Waals surface area contributed by atoms with Crippen LogP contribution in [0, 0.1) is 23.7 Å². The Bertz CT molecular complexity index is 577. The van der Waals surface area contributed by atoms with E-state index in [1.165, 1.54) is 63.4 Å². The van der Waals surface area contributed by atoms with Crippen LogP contribution in [0.3, 0.4) is 0 Å². The zero-order chi connectivity index (χ0) is 18.1. The normalized spacial score (nSPS) is 36.3. The molecular weight excluding hydrogens is 320 g/mol. The number of methoxy groups -OCH3 is 1. The summed E-state index contributed by atoms with van der Waals surface area (Å²) in [5.41, 5.74) is 1.90. The number of hydrogen-bond donors (Lipinski definition) is 1. The fourth-order valence-corrected chi connectivity index (χ4v) is 6.96. The topological polar surface area (TPSA) is 29.5 Å². The van der Waals surface area contributed by atoms with E-state index in [1.54, 1.807) is 7.11 Å². The van der Waals surface area contributed by atoms with Gasteiger partial charge in [-0.05, 0) is 85.3 Å². The largest absolute Gasteiger partial charge is 0.497 e. The van der Waals surface area contributed by atoms with Gasteiger partial charge in [0.1, 0.15) is 5.75 Å². The van der Waals surface area contributed by atoms with Crippen LogP contribution in [0.25, 0.3) is 0 Å². The van der Waals surface area contributed by atoms with E-state index in [1.807, 2.05) is 0 Å². The minimum atomic E-state index is -0.0604. The summed E-state index contributed by atoms with van der Waals surface area (Å²) in [5.74, 6) is 3.89. The van der Waals surface area contributed by atoms with Gasteiger partial charge in [0.2, 0.25) is 0 Å². The summed E-state index contributed by atoms with van der Waals surface area (Å²) in [6.45, 7) is 2.26. The maximum absolute atomic E-state index is 11.0. The number of ether oxygens (including phenoxy) is 1. The number of aliphatic hydroxyl groups is 1. The molecule has 4 saturated carbocycles. The van der Waals surface area contributed by atoms with Crippen molar-refractivity contribution in [1.82, 2.24) is 0 Å². The zero-order valence-electron chi connectivity index (χ0n) is 16.6. The van der Waals surface area contributed by atoms with E-state index in [9.17, 15) is 5.11 Å². The Morgan fingerprint density at radius 1 is 1.04 bits per heavy atom. The van der Waals surface area contributed by atoms with Gasteiger partial charge in [-0.3, -0.25) is 0 Å². The van der Waals surface area contributed by atoms with Crippen LogP contribution in [0.1, 0.15) is 76.7 Å². The van der Waals surface area contributed by atoms with Gasteiger partial charge in [-0.25, -0.2) is 0 Å². The van der Waals surface area contributed by atoms with Crippen molar-refractivity contribution in [3.8, 4) is 5.75 Å². The van der Waals surface area contributed by atoms with E-state index < -0.39 is 0 Å². The van der Waals surface area contributed by atoms with Crippen LogP contribution in [-0.2, 0) is 5.41 Å². The Morgan fingerprint density at radius 2 is 1.73 bits per heavy atom. The Hall–Kier alpha value is -1.02. The predicted molar refractivity (Wildman–Crippen MR) is 106 cm³/mol. The summed E-state index contributed by atoms with van der Waals surface area (Å²) in [7, 11) is 1.74. The van der Waals surface area contributed by atoms with Gasteiger partial charge in [0.15, 0.2) is 0 Å². The Labute approximate surface area is 159 Å². The predicted octanol–water partition coefficient (Wildman–Crippen LogP) is 5.72. The number of benzene rings is 1. The smallest absolute Gasteiger partial charge is 0.118 e. The molecule has 0 amide bonds. The number of hydrogen-bond acceptors (Lipinski definition) is 2. The highest BCUT2D eigenvalue weighted by Crippen LogP contribution is 2.63. The third-order valence-electron chi connectivity index (χ3n) is 7.85. The van der Waals surface area contributed by atoms with Crippen LogP contribution in [0.4, 0.5) is 0 Å². The van der Waals surface area contributed by atoms with Crippen LogP contribution in [-0.4, -0.2) is 18.3 Å². The van der Waals surface area contributed by atoms with Crippen LogP contribution < -0.4 is 4.74 Å². The van der Waals surface area contributed by atoms with Crippen molar-refractivity contribution in [2.24, 2.45) is 23.7 Å². The molecule has 144 valence electrons. The van der Waals surface area contributed by atoms with E-state index in [0.717, 1.165) is 29.9 Å². The Morgan fingerprint density at radius 3 is 2.35 bits per heavy atom. The quantitative estimate of drug-likeness (QED) is 0.604. The average molecular weight is 357 g/mol. The summed E-state index contributed by atoms with van der Waals surface area (Å²) in [6.07, 6.45) is 12.7. The first kappa shape index (κ1) is 18.3. The van der Waals surface area contributed by atoms with Crippen molar-refractivity contribution >= 4 is 0 Å². The highest BCUT2D eigenvalue weighted by molar-refractivity contribution is 5.35. The molecule has 2 heteroatoms. The van der Waals surface area contributed by atoms with Gasteiger partial charge in [-0.2, -0.15) is 0 Å². The van der Waals surface area contributed by atoms with Gasteiger partial charge in [0, 0.05) is 0 Å². The van der Waals surface area contributed by atoms with E-state index in [4.69, 9.17) is 4.74 Å². The molecule has 5 rings (SSSR count). The van der Waals surface area contributed by atoms with Crippen molar-refractivity contribution in [3.05, 3.63) is 29.8 Å². The van der Waals surface area contributed by atoms with E-state index in [0.29, 0.717) is 11.3 Å². The molecule has 4 aliphatic carbocycles. The molecule has 0 spiro atoms. The fraction of sp³-hybridized carbons (Fsp3) is 0.750. The third kappa shape index (κ3) is 3.30. The van der Waals surface area contributed by atoms with Crippen LogP contribution in [0.15, 0.2) is 24.3 Å². The molecule has 0 aromatic heterocycles. The number of unbranched alkanes of at least 4 members (excludes halogenated alkanes) is 3. The van der Waals surface area contributed by atoms with Crippen molar-refractivity contribution in [3.63, 3.8) is 0 Å². The van der Waals surface area contributed by atoms with Crippen molar-refractivity contribution in [2.75, 3.05) is 7.11 Å². The molecule has 2 nitrogen and oxygen atoms in total. The molecule has 0 saturated heterocycles. The SMILES string of the molecule is CCCCCCC(O)C1[C@@H]2CC3C[C@H]1CC(c1ccc(OC)cc1)(C3)C2.